The fourth-order valence-corrected chi connectivity index (χ4v) is 1.40. The van der Waals surface area contributed by atoms with Crippen molar-refractivity contribution in [3.8, 4) is 0 Å². The Bertz CT molecular complexity index is 378. The van der Waals surface area contributed by atoms with Crippen molar-refractivity contribution >= 4 is 11.9 Å². The van der Waals surface area contributed by atoms with E-state index in [1.165, 1.54) is 12.2 Å². The van der Waals surface area contributed by atoms with Gasteiger partial charge in [-0.05, 0) is 33.9 Å². The van der Waals surface area contributed by atoms with Crippen LogP contribution < -0.4 is 0 Å². The Kier molecular flexibility index (Phi) is 11.8. The van der Waals surface area contributed by atoms with Crippen molar-refractivity contribution < 1.29 is 19.1 Å². The molecule has 6 heteroatoms. The third-order valence-corrected chi connectivity index (χ3v) is 2.70. The highest BCUT2D eigenvalue weighted by Gasteiger charge is 2.00. The third kappa shape index (κ3) is 13.2. The second-order valence-corrected chi connectivity index (χ2v) is 5.14. The maximum Gasteiger partial charge on any atom is 0.332 e. The zero-order valence-electron chi connectivity index (χ0n) is 14.1. The molecule has 0 amide bonds. The zero-order valence-corrected chi connectivity index (χ0v) is 14.1. The van der Waals surface area contributed by atoms with Crippen LogP contribution in [0.1, 0.15) is 19.8 Å². The number of likely N-dealkylation sites (N-methyl/N-ethyl adjacent to an activating group) is 2. The standard InChI is InChI=1S/C16H28N2O4/c1-5-8-15(19)21-13-6-7-14-22-16(20)9-10-18(4)12-11-17(2)3/h5,8-10H,6-7,11-14H2,1-4H3/b8-5+,10-9+. The van der Waals surface area contributed by atoms with Crippen LogP contribution >= 0.6 is 0 Å². The first kappa shape index (κ1) is 20.2. The Morgan fingerprint density at radius 2 is 1.45 bits per heavy atom. The normalized spacial score (nSPS) is 11.3. The van der Waals surface area contributed by atoms with E-state index < -0.39 is 0 Å². The van der Waals surface area contributed by atoms with Gasteiger partial charge in [0.2, 0.25) is 0 Å². The number of hydrogen-bond donors (Lipinski definition) is 0. The summed E-state index contributed by atoms with van der Waals surface area (Å²) in [4.78, 5) is 26.5. The predicted molar refractivity (Wildman–Crippen MR) is 86.3 cm³/mol. The number of carbonyl (C=O) groups is 2. The van der Waals surface area contributed by atoms with Crippen molar-refractivity contribution in [2.45, 2.75) is 19.8 Å². The van der Waals surface area contributed by atoms with Gasteiger partial charge < -0.3 is 19.3 Å². The molecule has 0 aromatic heterocycles. The quantitative estimate of drug-likeness (QED) is 0.327. The molecule has 0 aliphatic heterocycles. The van der Waals surface area contributed by atoms with Gasteiger partial charge in [-0.15, -0.1) is 0 Å². The fourth-order valence-electron chi connectivity index (χ4n) is 1.40. The van der Waals surface area contributed by atoms with E-state index in [0.717, 1.165) is 13.1 Å². The van der Waals surface area contributed by atoms with Crippen LogP contribution in [0.15, 0.2) is 24.4 Å². The fraction of sp³-hybridized carbons (Fsp3) is 0.625. The summed E-state index contributed by atoms with van der Waals surface area (Å²) in [7, 11) is 5.91. The summed E-state index contributed by atoms with van der Waals surface area (Å²) in [6.07, 6.45) is 7.47. The van der Waals surface area contributed by atoms with E-state index in [1.807, 2.05) is 26.0 Å². The lowest BCUT2D eigenvalue weighted by atomic mass is 10.3. The molecule has 0 rings (SSSR count). The number of nitrogens with zero attached hydrogens (tertiary/aromatic N) is 2. The lowest BCUT2D eigenvalue weighted by Crippen LogP contribution is -2.25. The molecular formula is C16H28N2O4. The topological polar surface area (TPSA) is 59.1 Å². The molecule has 0 aromatic carbocycles. The molecule has 0 fully saturated rings. The Hall–Kier alpha value is -1.82. The van der Waals surface area contributed by atoms with Gasteiger partial charge in [-0.25, -0.2) is 9.59 Å². The molecule has 0 unspecified atom stereocenters. The maximum atomic E-state index is 11.5. The van der Waals surface area contributed by atoms with Crippen molar-refractivity contribution in [2.24, 2.45) is 0 Å². The highest BCUT2D eigenvalue weighted by molar-refractivity contribution is 5.82. The molecule has 6 nitrogen and oxygen atoms in total. The highest BCUT2D eigenvalue weighted by Crippen LogP contribution is 1.95. The van der Waals surface area contributed by atoms with E-state index in [9.17, 15) is 9.59 Å². The van der Waals surface area contributed by atoms with Crippen LogP contribution in [0.4, 0.5) is 0 Å². The molecule has 0 aliphatic rings. The highest BCUT2D eigenvalue weighted by atomic mass is 16.5. The van der Waals surface area contributed by atoms with E-state index in [-0.39, 0.29) is 11.9 Å². The largest absolute Gasteiger partial charge is 0.463 e. The second-order valence-electron chi connectivity index (χ2n) is 5.14. The number of allylic oxidation sites excluding steroid dienone is 1. The van der Waals surface area contributed by atoms with E-state index in [2.05, 4.69) is 4.90 Å². The Morgan fingerprint density at radius 1 is 0.909 bits per heavy atom. The van der Waals surface area contributed by atoms with Crippen LogP contribution in [0.5, 0.6) is 0 Å². The monoisotopic (exact) mass is 312 g/mol. The molecule has 0 aromatic rings. The molecule has 0 radical (unpaired) electrons. The first-order chi connectivity index (χ1) is 10.5. The first-order valence-corrected chi connectivity index (χ1v) is 7.45. The number of ether oxygens (including phenoxy) is 2. The average molecular weight is 312 g/mol. The summed E-state index contributed by atoms with van der Waals surface area (Å²) in [6.45, 7) is 4.18. The van der Waals surface area contributed by atoms with Gasteiger partial charge in [0.15, 0.2) is 0 Å². The summed E-state index contributed by atoms with van der Waals surface area (Å²) >= 11 is 0. The summed E-state index contributed by atoms with van der Waals surface area (Å²) in [6, 6.07) is 0. The number of esters is 2. The van der Waals surface area contributed by atoms with E-state index in [1.54, 1.807) is 19.2 Å². The van der Waals surface area contributed by atoms with Crippen molar-refractivity contribution in [3.63, 3.8) is 0 Å². The van der Waals surface area contributed by atoms with Crippen LogP contribution in [0.2, 0.25) is 0 Å². The van der Waals surface area contributed by atoms with E-state index >= 15 is 0 Å². The van der Waals surface area contributed by atoms with Gasteiger partial charge in [0.05, 0.1) is 13.2 Å². The van der Waals surface area contributed by atoms with Gasteiger partial charge in [0, 0.05) is 38.5 Å². The van der Waals surface area contributed by atoms with Gasteiger partial charge in [-0.2, -0.15) is 0 Å². The molecule has 0 atom stereocenters. The number of unbranched alkanes of at least 4 members (excludes halogenated alkanes) is 1. The molecule has 0 saturated carbocycles. The van der Waals surface area contributed by atoms with Crippen molar-refractivity contribution in [2.75, 3.05) is 47.4 Å². The first-order valence-electron chi connectivity index (χ1n) is 7.45. The van der Waals surface area contributed by atoms with Gasteiger partial charge in [-0.1, -0.05) is 6.08 Å². The van der Waals surface area contributed by atoms with Crippen LogP contribution in [0.25, 0.3) is 0 Å². The summed E-state index contributed by atoms with van der Waals surface area (Å²) in [5.41, 5.74) is 0. The van der Waals surface area contributed by atoms with Crippen LogP contribution in [-0.4, -0.2) is 69.2 Å². The van der Waals surface area contributed by atoms with Gasteiger partial charge in [0.25, 0.3) is 0 Å². The Balaban J connectivity index is 3.62. The molecular weight excluding hydrogens is 284 g/mol. The minimum absolute atomic E-state index is 0.325. The van der Waals surface area contributed by atoms with Crippen LogP contribution in [-0.2, 0) is 19.1 Å². The van der Waals surface area contributed by atoms with E-state index in [4.69, 9.17) is 9.47 Å². The third-order valence-electron chi connectivity index (χ3n) is 2.70. The lowest BCUT2D eigenvalue weighted by Gasteiger charge is -2.16. The lowest BCUT2D eigenvalue weighted by molar-refractivity contribution is -0.140. The van der Waals surface area contributed by atoms with Crippen LogP contribution in [0, 0.1) is 0 Å². The minimum Gasteiger partial charge on any atom is -0.463 e. The number of hydrogen-bond acceptors (Lipinski definition) is 6. The Morgan fingerprint density at radius 3 is 1.95 bits per heavy atom. The average Bonchev–Trinajstić information content (AvgIpc) is 2.46. The molecule has 0 heterocycles. The molecule has 0 N–H and O–H groups in total. The van der Waals surface area contributed by atoms with Crippen LogP contribution in [0.3, 0.4) is 0 Å². The maximum absolute atomic E-state index is 11.5. The van der Waals surface area contributed by atoms with Gasteiger partial charge in [-0.3, -0.25) is 0 Å². The van der Waals surface area contributed by atoms with Crippen molar-refractivity contribution in [3.05, 3.63) is 24.4 Å². The summed E-state index contributed by atoms with van der Waals surface area (Å²) in [5, 5.41) is 0. The predicted octanol–water partition coefficient (Wildman–Crippen LogP) is 1.44. The number of carbonyl (C=O) groups excluding carboxylic acids is 2. The Labute approximate surface area is 133 Å². The van der Waals surface area contributed by atoms with Gasteiger partial charge >= 0.3 is 11.9 Å². The summed E-state index contributed by atoms with van der Waals surface area (Å²) in [5.74, 6) is -0.703. The summed E-state index contributed by atoms with van der Waals surface area (Å²) < 4.78 is 9.98. The van der Waals surface area contributed by atoms with Gasteiger partial charge in [0.1, 0.15) is 0 Å². The molecule has 0 aliphatic carbocycles. The molecule has 0 spiro atoms. The second kappa shape index (κ2) is 12.9. The molecule has 0 saturated heterocycles. The molecule has 22 heavy (non-hydrogen) atoms. The zero-order chi connectivity index (χ0) is 16.8. The smallest absolute Gasteiger partial charge is 0.332 e. The molecule has 126 valence electrons. The molecule has 0 bridgehead atoms. The minimum atomic E-state index is -0.359. The SMILES string of the molecule is C/C=C/C(=O)OCCCCOC(=O)/C=C/N(C)CCN(C)C. The van der Waals surface area contributed by atoms with Crippen molar-refractivity contribution in [1.29, 1.82) is 0 Å². The van der Waals surface area contributed by atoms with E-state index in [0.29, 0.717) is 26.1 Å². The number of rotatable bonds is 11. The van der Waals surface area contributed by atoms with Crippen molar-refractivity contribution in [1.82, 2.24) is 9.80 Å².